The molecule has 0 saturated heterocycles. The Hall–Kier alpha value is -1.40. The second kappa shape index (κ2) is 5.29. The van der Waals surface area contributed by atoms with Crippen molar-refractivity contribution in [2.75, 3.05) is 11.5 Å². The summed E-state index contributed by atoms with van der Waals surface area (Å²) in [7, 11) is -3.92. The Morgan fingerprint density at radius 1 is 1.12 bits per heavy atom. The van der Waals surface area contributed by atoms with Gasteiger partial charge in [-0.3, -0.25) is 9.59 Å². The molecule has 1 aromatic rings. The monoisotopic (exact) mass is 276 g/mol. The van der Waals surface area contributed by atoms with Crippen molar-refractivity contribution in [2.45, 2.75) is 0 Å². The molecule has 0 saturated carbocycles. The molecule has 92 valence electrons. The Bertz CT molecular complexity index is 532. The van der Waals surface area contributed by atoms with Crippen LogP contribution in [0.3, 0.4) is 0 Å². The van der Waals surface area contributed by atoms with Crippen molar-refractivity contribution in [1.82, 2.24) is 0 Å². The highest BCUT2D eigenvalue weighted by Gasteiger charge is 2.21. The number of hydrogen-bond donors (Lipinski definition) is 1. The molecule has 0 spiro atoms. The number of hydrogen-bond acceptors (Lipinski definition) is 4. The Morgan fingerprint density at radius 3 is 2.12 bits per heavy atom. The highest BCUT2D eigenvalue weighted by atomic mass is 35.5. The maximum atomic E-state index is 11.5. The third-order valence-corrected chi connectivity index (χ3v) is 3.50. The van der Waals surface area contributed by atoms with Crippen LogP contribution in [0.15, 0.2) is 24.3 Å². The van der Waals surface area contributed by atoms with Gasteiger partial charge in [-0.2, -0.15) is 0 Å². The van der Waals surface area contributed by atoms with Crippen LogP contribution in [0.4, 0.5) is 0 Å². The van der Waals surface area contributed by atoms with Crippen LogP contribution >= 0.6 is 11.6 Å². The van der Waals surface area contributed by atoms with E-state index >= 15 is 0 Å². The third kappa shape index (κ3) is 4.54. The van der Waals surface area contributed by atoms with Crippen LogP contribution in [0.1, 0.15) is 10.4 Å². The number of rotatable bonds is 5. The van der Waals surface area contributed by atoms with Gasteiger partial charge in [0.1, 0.15) is 11.5 Å². The van der Waals surface area contributed by atoms with Gasteiger partial charge in [-0.25, -0.2) is 8.42 Å². The fourth-order valence-corrected chi connectivity index (χ4v) is 2.33. The summed E-state index contributed by atoms with van der Waals surface area (Å²) in [6.45, 7) is 0. The first-order valence-corrected chi connectivity index (χ1v) is 6.71. The lowest BCUT2D eigenvalue weighted by Gasteiger charge is -2.01. The fraction of sp³-hybridized carbons (Fsp3) is 0.200. The van der Waals surface area contributed by atoms with Crippen molar-refractivity contribution in [3.05, 3.63) is 34.9 Å². The van der Waals surface area contributed by atoms with Crippen molar-refractivity contribution in [2.24, 2.45) is 0 Å². The van der Waals surface area contributed by atoms with Crippen LogP contribution in [0.5, 0.6) is 0 Å². The molecule has 0 aliphatic carbocycles. The van der Waals surface area contributed by atoms with E-state index in [2.05, 4.69) is 0 Å². The van der Waals surface area contributed by atoms with Crippen molar-refractivity contribution < 1.29 is 23.1 Å². The van der Waals surface area contributed by atoms with Crippen molar-refractivity contribution in [1.29, 1.82) is 0 Å². The fourth-order valence-electron chi connectivity index (χ4n) is 1.16. The number of carbonyl (C=O) groups excluding carboxylic acids is 1. The van der Waals surface area contributed by atoms with E-state index in [9.17, 15) is 18.0 Å². The molecule has 5 nitrogen and oxygen atoms in total. The molecule has 1 N–H and O–H groups in total. The minimum atomic E-state index is -3.92. The number of carbonyl (C=O) groups is 2. The Balaban J connectivity index is 2.79. The SMILES string of the molecule is O=C(O)CS(=O)(=O)CC(=O)c1ccc(Cl)cc1. The topological polar surface area (TPSA) is 88.5 Å². The molecule has 17 heavy (non-hydrogen) atoms. The third-order valence-electron chi connectivity index (χ3n) is 1.86. The van der Waals surface area contributed by atoms with Gasteiger partial charge in [-0.05, 0) is 24.3 Å². The Morgan fingerprint density at radius 2 is 1.65 bits per heavy atom. The molecule has 0 amide bonds. The zero-order chi connectivity index (χ0) is 13.1. The number of ketones is 1. The predicted molar refractivity (Wildman–Crippen MR) is 62.1 cm³/mol. The van der Waals surface area contributed by atoms with E-state index < -0.39 is 33.1 Å². The summed E-state index contributed by atoms with van der Waals surface area (Å²) in [4.78, 5) is 21.8. The number of carboxylic acids is 1. The summed E-state index contributed by atoms with van der Waals surface area (Å²) in [6.07, 6.45) is 0. The largest absolute Gasteiger partial charge is 0.480 e. The van der Waals surface area contributed by atoms with Gasteiger partial charge >= 0.3 is 5.97 Å². The van der Waals surface area contributed by atoms with Crippen molar-refractivity contribution >= 4 is 33.2 Å². The maximum Gasteiger partial charge on any atom is 0.318 e. The lowest BCUT2D eigenvalue weighted by Crippen LogP contribution is -2.23. The standard InChI is InChI=1S/C10H9ClO5S/c11-8-3-1-7(2-4-8)9(12)5-17(15,16)6-10(13)14/h1-4H,5-6H2,(H,13,14). The van der Waals surface area contributed by atoms with Gasteiger partial charge in [-0.15, -0.1) is 0 Å². The quantitative estimate of drug-likeness (QED) is 0.811. The highest BCUT2D eigenvalue weighted by molar-refractivity contribution is 7.92. The summed E-state index contributed by atoms with van der Waals surface area (Å²) in [5.41, 5.74) is 0.184. The predicted octanol–water partition coefficient (Wildman–Crippen LogP) is 1.02. The van der Waals surface area contributed by atoms with Gasteiger partial charge in [0, 0.05) is 10.6 Å². The summed E-state index contributed by atoms with van der Waals surface area (Å²) in [5, 5.41) is 8.79. The molecule has 0 bridgehead atoms. The molecule has 0 heterocycles. The first-order chi connectivity index (χ1) is 7.80. The van der Waals surface area contributed by atoms with E-state index in [1.807, 2.05) is 0 Å². The average molecular weight is 277 g/mol. The van der Waals surface area contributed by atoms with E-state index in [0.29, 0.717) is 5.02 Å². The van der Waals surface area contributed by atoms with Crippen LogP contribution in [0.25, 0.3) is 0 Å². The maximum absolute atomic E-state index is 11.5. The first-order valence-electron chi connectivity index (χ1n) is 4.51. The minimum Gasteiger partial charge on any atom is -0.480 e. The molecule has 7 heteroatoms. The lowest BCUT2D eigenvalue weighted by molar-refractivity contribution is -0.134. The number of sulfone groups is 1. The minimum absolute atomic E-state index is 0.184. The van der Waals surface area contributed by atoms with Crippen LogP contribution in [-0.4, -0.2) is 36.8 Å². The van der Waals surface area contributed by atoms with Crippen molar-refractivity contribution in [3.63, 3.8) is 0 Å². The summed E-state index contributed by atoms with van der Waals surface area (Å²) >= 11 is 5.61. The van der Waals surface area contributed by atoms with E-state index in [1.54, 1.807) is 0 Å². The first kappa shape index (κ1) is 13.7. The van der Waals surface area contributed by atoms with Gasteiger partial charge in [0.2, 0.25) is 0 Å². The molecule has 0 aromatic heterocycles. The van der Waals surface area contributed by atoms with E-state index in [0.717, 1.165) is 0 Å². The smallest absolute Gasteiger partial charge is 0.318 e. The second-order valence-corrected chi connectivity index (χ2v) is 5.86. The van der Waals surface area contributed by atoms with Gasteiger partial charge in [0.15, 0.2) is 15.6 Å². The van der Waals surface area contributed by atoms with E-state index in [1.165, 1.54) is 24.3 Å². The number of Topliss-reactive ketones (excluding diaryl/α,β-unsaturated/α-hetero) is 1. The van der Waals surface area contributed by atoms with Gasteiger partial charge < -0.3 is 5.11 Å². The van der Waals surface area contributed by atoms with E-state index in [-0.39, 0.29) is 5.56 Å². The molecule has 0 aliphatic heterocycles. The van der Waals surface area contributed by atoms with Crippen LogP contribution in [0, 0.1) is 0 Å². The van der Waals surface area contributed by atoms with Gasteiger partial charge in [-0.1, -0.05) is 11.6 Å². The lowest BCUT2D eigenvalue weighted by atomic mass is 10.1. The zero-order valence-corrected chi connectivity index (χ0v) is 10.2. The normalized spacial score (nSPS) is 11.1. The molecule has 0 unspecified atom stereocenters. The summed E-state index contributed by atoms with van der Waals surface area (Å²) < 4.78 is 22.5. The highest BCUT2D eigenvalue weighted by Crippen LogP contribution is 2.10. The number of carboxylic acid groups (broad SMARTS) is 1. The molecule has 0 fully saturated rings. The van der Waals surface area contributed by atoms with Crippen molar-refractivity contribution in [3.8, 4) is 0 Å². The van der Waals surface area contributed by atoms with Gasteiger partial charge in [0.25, 0.3) is 0 Å². The van der Waals surface area contributed by atoms with Crippen LogP contribution in [0.2, 0.25) is 5.02 Å². The molecular formula is C10H9ClO5S. The zero-order valence-electron chi connectivity index (χ0n) is 8.59. The van der Waals surface area contributed by atoms with Gasteiger partial charge in [0.05, 0.1) is 0 Å². The molecule has 1 rings (SSSR count). The second-order valence-electron chi connectivity index (χ2n) is 3.36. The Kier molecular flexibility index (Phi) is 4.25. The summed E-state index contributed by atoms with van der Waals surface area (Å²) in [6, 6.07) is 5.69. The molecule has 0 atom stereocenters. The average Bonchev–Trinajstić information content (AvgIpc) is 2.15. The molecule has 0 radical (unpaired) electrons. The summed E-state index contributed by atoms with van der Waals surface area (Å²) in [5.74, 6) is -4.00. The molecular weight excluding hydrogens is 268 g/mol. The van der Waals surface area contributed by atoms with Crippen LogP contribution < -0.4 is 0 Å². The number of benzene rings is 1. The van der Waals surface area contributed by atoms with E-state index in [4.69, 9.17) is 16.7 Å². The molecule has 1 aromatic carbocycles. The Labute approximate surface area is 103 Å². The molecule has 0 aliphatic rings. The number of halogens is 1. The number of aliphatic carboxylic acids is 1. The van der Waals surface area contributed by atoms with Crippen LogP contribution in [-0.2, 0) is 14.6 Å².